The largest absolute Gasteiger partial charge is 0.483 e. The second kappa shape index (κ2) is 5.64. The highest BCUT2D eigenvalue weighted by molar-refractivity contribution is 7.13. The summed E-state index contributed by atoms with van der Waals surface area (Å²) in [6.07, 6.45) is 0. The number of carbonyl (C=O) groups excluding carboxylic acids is 1. The lowest BCUT2D eigenvalue weighted by molar-refractivity contribution is -0.118. The van der Waals surface area contributed by atoms with E-state index < -0.39 is 0 Å². The van der Waals surface area contributed by atoms with Crippen molar-refractivity contribution in [1.82, 2.24) is 4.98 Å². The van der Waals surface area contributed by atoms with E-state index in [0.29, 0.717) is 5.13 Å². The minimum absolute atomic E-state index is 0.0104. The number of benzene rings is 1. The average Bonchev–Trinajstić information content (AvgIpc) is 2.74. The number of rotatable bonds is 4. The number of aryl methyl sites for hydroxylation is 2. The Bertz CT molecular complexity index is 551. The lowest BCUT2D eigenvalue weighted by atomic mass is 10.2. The highest BCUT2D eigenvalue weighted by atomic mass is 32.1. The molecule has 18 heavy (non-hydrogen) atoms. The molecule has 1 aromatic heterocycles. The van der Waals surface area contributed by atoms with Gasteiger partial charge in [-0.3, -0.25) is 10.1 Å². The number of hydrogen-bond acceptors (Lipinski definition) is 4. The Hall–Kier alpha value is -1.88. The molecule has 1 aromatic carbocycles. The molecule has 0 aliphatic heterocycles. The molecule has 0 unspecified atom stereocenters. The van der Waals surface area contributed by atoms with Gasteiger partial charge >= 0.3 is 0 Å². The molecular weight excluding hydrogens is 248 g/mol. The molecule has 0 saturated heterocycles. The molecule has 4 nitrogen and oxygen atoms in total. The fourth-order valence-electron chi connectivity index (χ4n) is 1.43. The van der Waals surface area contributed by atoms with Gasteiger partial charge in [0.05, 0.1) is 5.69 Å². The fraction of sp³-hybridized carbons (Fsp3) is 0.231. The van der Waals surface area contributed by atoms with E-state index in [-0.39, 0.29) is 12.5 Å². The zero-order valence-corrected chi connectivity index (χ0v) is 11.1. The van der Waals surface area contributed by atoms with E-state index in [1.54, 1.807) is 0 Å². The first-order chi connectivity index (χ1) is 8.65. The Labute approximate surface area is 110 Å². The third kappa shape index (κ3) is 3.30. The molecule has 0 aliphatic rings. The topological polar surface area (TPSA) is 51.2 Å². The van der Waals surface area contributed by atoms with Crippen LogP contribution in [0.5, 0.6) is 5.75 Å². The van der Waals surface area contributed by atoms with Gasteiger partial charge in [0.1, 0.15) is 5.75 Å². The Morgan fingerprint density at radius 1 is 1.39 bits per heavy atom. The summed E-state index contributed by atoms with van der Waals surface area (Å²) >= 11 is 1.40. The van der Waals surface area contributed by atoms with E-state index in [2.05, 4.69) is 10.3 Å². The molecule has 0 fully saturated rings. The van der Waals surface area contributed by atoms with Crippen LogP contribution in [0.2, 0.25) is 0 Å². The van der Waals surface area contributed by atoms with E-state index in [9.17, 15) is 4.79 Å². The van der Waals surface area contributed by atoms with Crippen LogP contribution in [-0.2, 0) is 4.79 Å². The van der Waals surface area contributed by atoms with Gasteiger partial charge in [-0.25, -0.2) is 4.98 Å². The van der Waals surface area contributed by atoms with Gasteiger partial charge in [-0.2, -0.15) is 0 Å². The third-order valence-electron chi connectivity index (χ3n) is 2.32. The predicted octanol–water partition coefficient (Wildman–Crippen LogP) is 2.78. The van der Waals surface area contributed by atoms with Crippen molar-refractivity contribution in [2.75, 3.05) is 11.9 Å². The molecule has 5 heteroatoms. The highest BCUT2D eigenvalue weighted by Crippen LogP contribution is 2.17. The van der Waals surface area contributed by atoms with Gasteiger partial charge in [-0.15, -0.1) is 11.3 Å². The molecule has 0 radical (unpaired) electrons. The zero-order chi connectivity index (χ0) is 13.0. The molecular formula is C13H14N2O2S. The molecule has 1 amide bonds. The third-order valence-corrected chi connectivity index (χ3v) is 3.19. The highest BCUT2D eigenvalue weighted by Gasteiger charge is 2.07. The molecule has 2 aromatic rings. The van der Waals surface area contributed by atoms with Crippen LogP contribution in [0.1, 0.15) is 11.3 Å². The van der Waals surface area contributed by atoms with Gasteiger partial charge in [0.25, 0.3) is 5.91 Å². The normalized spacial score (nSPS) is 10.1. The van der Waals surface area contributed by atoms with Gasteiger partial charge in [-0.1, -0.05) is 18.2 Å². The maximum absolute atomic E-state index is 11.6. The fourth-order valence-corrected chi connectivity index (χ4v) is 2.13. The number of nitrogens with one attached hydrogen (secondary N) is 1. The van der Waals surface area contributed by atoms with Crippen molar-refractivity contribution in [3.8, 4) is 5.75 Å². The number of anilines is 1. The van der Waals surface area contributed by atoms with Gasteiger partial charge in [0.15, 0.2) is 11.7 Å². The van der Waals surface area contributed by atoms with Crippen LogP contribution >= 0.6 is 11.3 Å². The second-order valence-corrected chi connectivity index (χ2v) is 4.75. The number of amides is 1. The standard InChI is InChI=1S/C13H14N2O2S/c1-9-5-3-4-6-11(9)17-7-12(16)15-13-14-10(2)8-18-13/h3-6,8H,7H2,1-2H3,(H,14,15,16). The summed E-state index contributed by atoms with van der Waals surface area (Å²) in [5, 5.41) is 5.19. The van der Waals surface area contributed by atoms with Crippen LogP contribution < -0.4 is 10.1 Å². The van der Waals surface area contributed by atoms with E-state index in [1.165, 1.54) is 11.3 Å². The number of hydrogen-bond donors (Lipinski definition) is 1. The maximum Gasteiger partial charge on any atom is 0.264 e. The molecule has 0 atom stereocenters. The van der Waals surface area contributed by atoms with Crippen LogP contribution in [0.3, 0.4) is 0 Å². The van der Waals surface area contributed by atoms with Gasteiger partial charge in [0.2, 0.25) is 0 Å². The van der Waals surface area contributed by atoms with Crippen molar-refractivity contribution in [2.24, 2.45) is 0 Å². The molecule has 2 rings (SSSR count). The Morgan fingerprint density at radius 2 is 2.17 bits per heavy atom. The van der Waals surface area contributed by atoms with E-state index in [1.807, 2.05) is 43.5 Å². The first kappa shape index (κ1) is 12.6. The molecule has 0 spiro atoms. The number of carbonyl (C=O) groups is 1. The first-order valence-corrected chi connectivity index (χ1v) is 6.43. The number of thiazole rings is 1. The van der Waals surface area contributed by atoms with Gasteiger partial charge in [0, 0.05) is 5.38 Å². The summed E-state index contributed by atoms with van der Waals surface area (Å²) in [5.41, 5.74) is 1.91. The summed E-state index contributed by atoms with van der Waals surface area (Å²) in [6, 6.07) is 7.60. The van der Waals surface area contributed by atoms with Crippen LogP contribution in [0.4, 0.5) is 5.13 Å². The van der Waals surface area contributed by atoms with Crippen molar-refractivity contribution >= 4 is 22.4 Å². The quantitative estimate of drug-likeness (QED) is 0.921. The number of aromatic nitrogens is 1. The van der Waals surface area contributed by atoms with Gasteiger partial charge in [-0.05, 0) is 25.5 Å². The second-order valence-electron chi connectivity index (χ2n) is 3.90. The van der Waals surface area contributed by atoms with Gasteiger partial charge < -0.3 is 4.74 Å². The summed E-state index contributed by atoms with van der Waals surface area (Å²) < 4.78 is 5.44. The summed E-state index contributed by atoms with van der Waals surface area (Å²) in [7, 11) is 0. The van der Waals surface area contributed by atoms with E-state index in [4.69, 9.17) is 4.74 Å². The molecule has 1 N–H and O–H groups in total. The Balaban J connectivity index is 1.87. The average molecular weight is 262 g/mol. The molecule has 0 aliphatic carbocycles. The van der Waals surface area contributed by atoms with Crippen molar-refractivity contribution < 1.29 is 9.53 Å². The monoisotopic (exact) mass is 262 g/mol. The minimum atomic E-state index is -0.201. The number of ether oxygens (including phenoxy) is 1. The smallest absolute Gasteiger partial charge is 0.264 e. The Morgan fingerprint density at radius 3 is 2.83 bits per heavy atom. The maximum atomic E-state index is 11.6. The lowest BCUT2D eigenvalue weighted by Crippen LogP contribution is -2.20. The molecule has 0 bridgehead atoms. The van der Waals surface area contributed by atoms with Crippen LogP contribution in [-0.4, -0.2) is 17.5 Å². The lowest BCUT2D eigenvalue weighted by Gasteiger charge is -2.07. The van der Waals surface area contributed by atoms with Crippen molar-refractivity contribution in [3.63, 3.8) is 0 Å². The van der Waals surface area contributed by atoms with Crippen molar-refractivity contribution in [3.05, 3.63) is 40.9 Å². The summed E-state index contributed by atoms with van der Waals surface area (Å²) in [5.74, 6) is 0.524. The number of para-hydroxylation sites is 1. The summed E-state index contributed by atoms with van der Waals surface area (Å²) in [6.45, 7) is 3.82. The molecule has 1 heterocycles. The van der Waals surface area contributed by atoms with Crippen molar-refractivity contribution in [2.45, 2.75) is 13.8 Å². The van der Waals surface area contributed by atoms with Crippen molar-refractivity contribution in [1.29, 1.82) is 0 Å². The molecule has 94 valence electrons. The van der Waals surface area contributed by atoms with E-state index >= 15 is 0 Å². The predicted molar refractivity (Wildman–Crippen MR) is 72.2 cm³/mol. The number of nitrogens with zero attached hydrogens (tertiary/aromatic N) is 1. The van der Waals surface area contributed by atoms with E-state index in [0.717, 1.165) is 17.0 Å². The minimum Gasteiger partial charge on any atom is -0.483 e. The van der Waals surface area contributed by atoms with Crippen LogP contribution in [0.25, 0.3) is 0 Å². The Kier molecular flexibility index (Phi) is 3.94. The molecule has 0 saturated carbocycles. The van der Waals surface area contributed by atoms with Crippen LogP contribution in [0.15, 0.2) is 29.6 Å². The SMILES string of the molecule is Cc1csc(NC(=O)COc2ccccc2C)n1. The summed E-state index contributed by atoms with van der Waals surface area (Å²) in [4.78, 5) is 15.8. The zero-order valence-electron chi connectivity index (χ0n) is 10.3. The van der Waals surface area contributed by atoms with Crippen LogP contribution in [0, 0.1) is 13.8 Å². The first-order valence-electron chi connectivity index (χ1n) is 5.55.